The molecule has 19 heavy (non-hydrogen) atoms. The first-order chi connectivity index (χ1) is 9.31. The number of carbonyl (C=O) groups is 1. The first kappa shape index (κ1) is 12.1. The molecule has 2 fully saturated rings. The monoisotopic (exact) mass is 258 g/mol. The van der Waals surface area contributed by atoms with E-state index in [1.165, 1.54) is 0 Å². The second-order valence-electron chi connectivity index (χ2n) is 5.04. The van der Waals surface area contributed by atoms with Gasteiger partial charge in [0, 0.05) is 31.9 Å². The molecule has 0 radical (unpaired) electrons. The minimum absolute atomic E-state index is 0.247. The van der Waals surface area contributed by atoms with Gasteiger partial charge in [0.25, 0.3) is 0 Å². The highest BCUT2D eigenvalue weighted by Gasteiger charge is 2.43. The maximum Gasteiger partial charge on any atom is 0.225 e. The number of amides is 1. The third kappa shape index (κ3) is 2.09. The number of piperidine rings is 1. The number of hydrogen-bond acceptors (Lipinski definition) is 4. The summed E-state index contributed by atoms with van der Waals surface area (Å²) in [5.74, 6) is 1.03. The summed E-state index contributed by atoms with van der Waals surface area (Å²) in [6, 6.07) is 2.45. The topological polar surface area (TPSA) is 49.3 Å². The normalized spacial score (nSPS) is 26.4. The highest BCUT2D eigenvalue weighted by Crippen LogP contribution is 2.33. The quantitative estimate of drug-likeness (QED) is 0.765. The largest absolute Gasteiger partial charge is 0.336 e. The van der Waals surface area contributed by atoms with Crippen molar-refractivity contribution in [1.29, 1.82) is 0 Å². The first-order valence-electron chi connectivity index (χ1n) is 6.75. The van der Waals surface area contributed by atoms with Gasteiger partial charge in [0.05, 0.1) is 12.1 Å². The van der Waals surface area contributed by atoms with Crippen molar-refractivity contribution in [3.05, 3.63) is 31.1 Å². The van der Waals surface area contributed by atoms with Gasteiger partial charge in [-0.2, -0.15) is 0 Å². The Balaban J connectivity index is 1.83. The molecule has 2 atom stereocenters. The Morgan fingerprint density at radius 2 is 2.11 bits per heavy atom. The summed E-state index contributed by atoms with van der Waals surface area (Å²) in [5.41, 5.74) is 0. The van der Waals surface area contributed by atoms with Crippen molar-refractivity contribution in [3.63, 3.8) is 0 Å². The van der Waals surface area contributed by atoms with E-state index in [4.69, 9.17) is 0 Å². The number of carbonyl (C=O) groups excluding carboxylic acids is 1. The van der Waals surface area contributed by atoms with E-state index in [0.29, 0.717) is 19.0 Å². The molecule has 0 N–H and O–H groups in total. The van der Waals surface area contributed by atoms with Crippen molar-refractivity contribution < 1.29 is 4.79 Å². The van der Waals surface area contributed by atoms with E-state index >= 15 is 0 Å². The number of rotatable bonds is 3. The van der Waals surface area contributed by atoms with Gasteiger partial charge in [0.2, 0.25) is 11.9 Å². The molecule has 2 aliphatic rings. The Bertz CT molecular complexity index is 476. The molecule has 0 saturated carbocycles. The number of likely N-dealkylation sites (tertiary alicyclic amines) is 1. The molecular weight excluding hydrogens is 240 g/mol. The SMILES string of the molecule is C=CCN1C(=O)CC[C@@H]2[C@H]1CCN2c1ncccn1. The number of nitrogens with zero attached hydrogens (tertiary/aromatic N) is 4. The van der Waals surface area contributed by atoms with Gasteiger partial charge >= 0.3 is 0 Å². The molecule has 3 heterocycles. The van der Waals surface area contributed by atoms with Crippen molar-refractivity contribution in [2.75, 3.05) is 18.0 Å². The summed E-state index contributed by atoms with van der Waals surface area (Å²) < 4.78 is 0. The van der Waals surface area contributed by atoms with Crippen LogP contribution in [0, 0.1) is 0 Å². The zero-order valence-corrected chi connectivity index (χ0v) is 10.9. The molecule has 2 aliphatic heterocycles. The number of anilines is 1. The van der Waals surface area contributed by atoms with Crippen LogP contribution in [0.15, 0.2) is 31.1 Å². The summed E-state index contributed by atoms with van der Waals surface area (Å²) >= 11 is 0. The highest BCUT2D eigenvalue weighted by molar-refractivity contribution is 5.78. The first-order valence-corrected chi connectivity index (χ1v) is 6.75. The summed E-state index contributed by atoms with van der Waals surface area (Å²) in [4.78, 5) is 24.9. The van der Waals surface area contributed by atoms with Gasteiger partial charge in [-0.1, -0.05) is 6.08 Å². The van der Waals surface area contributed by atoms with Crippen LogP contribution in [0.25, 0.3) is 0 Å². The fourth-order valence-electron chi connectivity index (χ4n) is 3.21. The summed E-state index contributed by atoms with van der Waals surface area (Å²) in [6.45, 7) is 5.31. The summed E-state index contributed by atoms with van der Waals surface area (Å²) in [7, 11) is 0. The van der Waals surface area contributed by atoms with Crippen molar-refractivity contribution in [2.24, 2.45) is 0 Å². The van der Waals surface area contributed by atoms with Crippen LogP contribution in [0.4, 0.5) is 5.95 Å². The van der Waals surface area contributed by atoms with Gasteiger partial charge < -0.3 is 9.80 Å². The van der Waals surface area contributed by atoms with Gasteiger partial charge in [-0.3, -0.25) is 4.79 Å². The zero-order chi connectivity index (χ0) is 13.2. The fraction of sp³-hybridized carbons (Fsp3) is 0.500. The fourth-order valence-corrected chi connectivity index (χ4v) is 3.21. The molecule has 1 aromatic heterocycles. The zero-order valence-electron chi connectivity index (χ0n) is 10.9. The number of aromatic nitrogens is 2. The molecule has 2 saturated heterocycles. The van der Waals surface area contributed by atoms with E-state index in [9.17, 15) is 4.79 Å². The Hall–Kier alpha value is -1.91. The average Bonchev–Trinajstić information content (AvgIpc) is 2.87. The molecule has 3 rings (SSSR count). The van der Waals surface area contributed by atoms with E-state index in [1.807, 2.05) is 17.0 Å². The maximum atomic E-state index is 12.0. The molecule has 0 spiro atoms. The molecule has 0 bridgehead atoms. The summed E-state index contributed by atoms with van der Waals surface area (Å²) in [5, 5.41) is 0. The maximum absolute atomic E-state index is 12.0. The Morgan fingerprint density at radius 1 is 1.32 bits per heavy atom. The standard InChI is InChI=1S/C14H18N4O/c1-2-9-17-12-6-10-18(11(12)4-5-13(17)19)14-15-7-3-8-16-14/h2-3,7-8,11-12H,1,4-6,9-10H2/t11-,12-/m1/s1. The Morgan fingerprint density at radius 3 is 2.84 bits per heavy atom. The lowest BCUT2D eigenvalue weighted by atomic mass is 9.96. The second kappa shape index (κ2) is 4.99. The third-order valence-corrected chi connectivity index (χ3v) is 4.02. The highest BCUT2D eigenvalue weighted by atomic mass is 16.2. The molecule has 0 unspecified atom stereocenters. The van der Waals surface area contributed by atoms with Crippen molar-refractivity contribution in [2.45, 2.75) is 31.3 Å². The van der Waals surface area contributed by atoms with Crippen molar-refractivity contribution in [3.8, 4) is 0 Å². The lowest BCUT2D eigenvalue weighted by molar-refractivity contribution is -0.135. The van der Waals surface area contributed by atoms with E-state index in [0.717, 1.165) is 25.3 Å². The smallest absolute Gasteiger partial charge is 0.225 e. The molecule has 100 valence electrons. The molecule has 1 amide bonds. The third-order valence-electron chi connectivity index (χ3n) is 4.02. The molecule has 0 aromatic carbocycles. The van der Waals surface area contributed by atoms with Gasteiger partial charge in [-0.25, -0.2) is 9.97 Å². The van der Waals surface area contributed by atoms with Gasteiger partial charge in [0.15, 0.2) is 0 Å². The minimum Gasteiger partial charge on any atom is -0.336 e. The van der Waals surface area contributed by atoms with Crippen molar-refractivity contribution >= 4 is 11.9 Å². The van der Waals surface area contributed by atoms with Crippen LogP contribution in [0.3, 0.4) is 0 Å². The van der Waals surface area contributed by atoms with Crippen LogP contribution in [-0.4, -0.2) is 45.9 Å². The van der Waals surface area contributed by atoms with Crippen LogP contribution in [0.5, 0.6) is 0 Å². The molecule has 5 heteroatoms. The van der Waals surface area contributed by atoms with Crippen LogP contribution >= 0.6 is 0 Å². The predicted molar refractivity (Wildman–Crippen MR) is 72.7 cm³/mol. The van der Waals surface area contributed by atoms with Crippen LogP contribution in [-0.2, 0) is 4.79 Å². The van der Waals surface area contributed by atoms with Gasteiger partial charge in [-0.15, -0.1) is 6.58 Å². The van der Waals surface area contributed by atoms with Gasteiger partial charge in [0.1, 0.15) is 0 Å². The van der Waals surface area contributed by atoms with Crippen LogP contribution in [0.1, 0.15) is 19.3 Å². The predicted octanol–water partition coefficient (Wildman–Crippen LogP) is 1.23. The average molecular weight is 258 g/mol. The van der Waals surface area contributed by atoms with E-state index in [2.05, 4.69) is 21.4 Å². The van der Waals surface area contributed by atoms with E-state index in [1.54, 1.807) is 12.4 Å². The minimum atomic E-state index is 0.247. The molecule has 0 aliphatic carbocycles. The van der Waals surface area contributed by atoms with Gasteiger partial charge in [-0.05, 0) is 18.9 Å². The molecule has 1 aromatic rings. The van der Waals surface area contributed by atoms with Crippen LogP contribution in [0.2, 0.25) is 0 Å². The van der Waals surface area contributed by atoms with E-state index in [-0.39, 0.29) is 11.9 Å². The second-order valence-corrected chi connectivity index (χ2v) is 5.04. The molecule has 5 nitrogen and oxygen atoms in total. The number of hydrogen-bond donors (Lipinski definition) is 0. The Labute approximate surface area is 113 Å². The lowest BCUT2D eigenvalue weighted by Crippen LogP contribution is -2.52. The van der Waals surface area contributed by atoms with Crippen molar-refractivity contribution in [1.82, 2.24) is 14.9 Å². The number of fused-ring (bicyclic) bond motifs is 1. The van der Waals surface area contributed by atoms with Crippen LogP contribution < -0.4 is 4.90 Å². The summed E-state index contributed by atoms with van der Waals surface area (Å²) in [6.07, 6.45) is 7.84. The molecular formula is C14H18N4O. The Kier molecular flexibility index (Phi) is 3.19. The lowest BCUT2D eigenvalue weighted by Gasteiger charge is -2.39. The van der Waals surface area contributed by atoms with E-state index < -0.39 is 0 Å².